The third-order valence-corrected chi connectivity index (χ3v) is 3.89. The lowest BCUT2D eigenvalue weighted by atomic mass is 10.1. The number of carbonyl (C=O) groups excluding carboxylic acids is 1. The van der Waals surface area contributed by atoms with Gasteiger partial charge >= 0.3 is 0 Å². The molecule has 2 aliphatic rings. The number of rotatable bonds is 1. The molecule has 2 fully saturated rings. The second-order valence-corrected chi connectivity index (χ2v) is 5.45. The van der Waals surface area contributed by atoms with Gasteiger partial charge in [0.1, 0.15) is 0 Å². The van der Waals surface area contributed by atoms with Crippen LogP contribution in [0.15, 0.2) is 0 Å². The van der Waals surface area contributed by atoms with Gasteiger partial charge in [0.25, 0.3) is 0 Å². The van der Waals surface area contributed by atoms with E-state index in [0.29, 0.717) is 16.7 Å². The van der Waals surface area contributed by atoms with Gasteiger partial charge in [-0.3, -0.25) is 4.79 Å². The van der Waals surface area contributed by atoms with E-state index < -0.39 is 0 Å². The minimum atomic E-state index is 0.359. The summed E-state index contributed by atoms with van der Waals surface area (Å²) in [6.07, 6.45) is 5.88. The van der Waals surface area contributed by atoms with E-state index in [0.717, 1.165) is 32.4 Å². The van der Waals surface area contributed by atoms with Gasteiger partial charge in [-0.2, -0.15) is 0 Å². The number of carbonyl (C=O) groups is 1. The highest BCUT2D eigenvalue weighted by molar-refractivity contribution is 9.09. The molecule has 0 aromatic carbocycles. The predicted molar refractivity (Wildman–Crippen MR) is 55.9 cm³/mol. The first kappa shape index (κ1) is 9.50. The van der Waals surface area contributed by atoms with Crippen molar-refractivity contribution in [3.63, 3.8) is 0 Å². The number of nitrogens with zero attached hydrogens (tertiary/aromatic N) is 1. The van der Waals surface area contributed by atoms with E-state index in [9.17, 15) is 4.79 Å². The second-order valence-electron chi connectivity index (χ2n) is 4.15. The van der Waals surface area contributed by atoms with E-state index in [2.05, 4.69) is 15.9 Å². The highest BCUT2D eigenvalue weighted by Crippen LogP contribution is 2.28. The van der Waals surface area contributed by atoms with Gasteiger partial charge in [0.2, 0.25) is 5.91 Å². The van der Waals surface area contributed by atoms with Crippen molar-refractivity contribution < 1.29 is 4.79 Å². The van der Waals surface area contributed by atoms with Crippen molar-refractivity contribution in [1.29, 1.82) is 0 Å². The molecule has 2 rings (SSSR count). The van der Waals surface area contributed by atoms with Crippen LogP contribution in [0.1, 0.15) is 32.1 Å². The molecule has 0 radical (unpaired) electrons. The van der Waals surface area contributed by atoms with Gasteiger partial charge in [0, 0.05) is 23.8 Å². The van der Waals surface area contributed by atoms with Crippen LogP contribution >= 0.6 is 15.9 Å². The molecule has 0 spiro atoms. The second kappa shape index (κ2) is 3.99. The van der Waals surface area contributed by atoms with Gasteiger partial charge in [-0.25, -0.2) is 0 Å². The highest BCUT2D eigenvalue weighted by atomic mass is 79.9. The normalized spacial score (nSPS) is 29.9. The highest BCUT2D eigenvalue weighted by Gasteiger charge is 2.31. The summed E-state index contributed by atoms with van der Waals surface area (Å²) in [4.78, 5) is 14.5. The van der Waals surface area contributed by atoms with Gasteiger partial charge < -0.3 is 4.90 Å². The first-order valence-corrected chi connectivity index (χ1v) is 6.12. The van der Waals surface area contributed by atoms with Crippen LogP contribution in [0.2, 0.25) is 0 Å². The van der Waals surface area contributed by atoms with Crippen molar-refractivity contribution in [2.24, 2.45) is 5.92 Å². The Bertz CT molecular complexity index is 201. The zero-order valence-electron chi connectivity index (χ0n) is 7.84. The molecule has 1 saturated carbocycles. The zero-order chi connectivity index (χ0) is 9.26. The molecule has 1 amide bonds. The van der Waals surface area contributed by atoms with Crippen LogP contribution in [-0.2, 0) is 4.79 Å². The summed E-state index contributed by atoms with van der Waals surface area (Å²) < 4.78 is 0. The number of hydrogen-bond donors (Lipinski definition) is 0. The molecule has 13 heavy (non-hydrogen) atoms. The fourth-order valence-electron chi connectivity index (χ4n) is 2.35. The SMILES string of the molecule is O=C(C1CCCC1)N1CCC(Br)C1. The van der Waals surface area contributed by atoms with Crippen molar-refractivity contribution in [2.75, 3.05) is 13.1 Å². The molecule has 1 aliphatic carbocycles. The van der Waals surface area contributed by atoms with Crippen molar-refractivity contribution in [2.45, 2.75) is 36.9 Å². The standard InChI is InChI=1S/C10H16BrNO/c11-9-5-6-12(7-9)10(13)8-3-1-2-4-8/h8-9H,1-7H2. The maximum Gasteiger partial charge on any atom is 0.225 e. The Morgan fingerprint density at radius 2 is 1.92 bits per heavy atom. The van der Waals surface area contributed by atoms with E-state index in [1.54, 1.807) is 0 Å². The van der Waals surface area contributed by atoms with Gasteiger partial charge in [-0.05, 0) is 19.3 Å². The summed E-state index contributed by atoms with van der Waals surface area (Å²) in [5.74, 6) is 0.775. The molecule has 0 aromatic rings. The molecular weight excluding hydrogens is 230 g/mol. The average Bonchev–Trinajstić information content (AvgIpc) is 2.72. The van der Waals surface area contributed by atoms with Crippen LogP contribution in [0.25, 0.3) is 0 Å². The van der Waals surface area contributed by atoms with Crippen molar-refractivity contribution >= 4 is 21.8 Å². The smallest absolute Gasteiger partial charge is 0.225 e. The molecule has 0 N–H and O–H groups in total. The number of likely N-dealkylation sites (tertiary alicyclic amines) is 1. The predicted octanol–water partition coefficient (Wildman–Crippen LogP) is 2.17. The molecule has 1 aliphatic heterocycles. The molecule has 1 atom stereocenters. The quantitative estimate of drug-likeness (QED) is 0.649. The number of hydrogen-bond acceptors (Lipinski definition) is 1. The summed E-state index contributed by atoms with van der Waals surface area (Å²) in [6.45, 7) is 1.89. The third-order valence-electron chi connectivity index (χ3n) is 3.15. The van der Waals surface area contributed by atoms with E-state index in [-0.39, 0.29) is 0 Å². The minimum Gasteiger partial charge on any atom is -0.341 e. The fourth-order valence-corrected chi connectivity index (χ4v) is 2.90. The van der Waals surface area contributed by atoms with Crippen LogP contribution in [0.4, 0.5) is 0 Å². The Morgan fingerprint density at radius 1 is 1.23 bits per heavy atom. The average molecular weight is 246 g/mol. The van der Waals surface area contributed by atoms with E-state index >= 15 is 0 Å². The van der Waals surface area contributed by atoms with Crippen LogP contribution in [0.5, 0.6) is 0 Å². The Labute approximate surface area is 87.8 Å². The Morgan fingerprint density at radius 3 is 2.46 bits per heavy atom. The van der Waals surface area contributed by atoms with Crippen molar-refractivity contribution in [3.8, 4) is 0 Å². The molecule has 74 valence electrons. The first-order chi connectivity index (χ1) is 6.27. The summed E-state index contributed by atoms with van der Waals surface area (Å²) >= 11 is 3.56. The van der Waals surface area contributed by atoms with Gasteiger partial charge in [-0.1, -0.05) is 28.8 Å². The van der Waals surface area contributed by atoms with Crippen molar-refractivity contribution in [1.82, 2.24) is 4.90 Å². The molecule has 1 unspecified atom stereocenters. The molecule has 0 bridgehead atoms. The Hall–Kier alpha value is -0.0500. The van der Waals surface area contributed by atoms with Gasteiger partial charge in [-0.15, -0.1) is 0 Å². The maximum absolute atomic E-state index is 11.9. The molecular formula is C10H16BrNO. The Kier molecular flexibility index (Phi) is 2.92. The Balaban J connectivity index is 1.89. The minimum absolute atomic E-state index is 0.359. The molecule has 3 heteroatoms. The number of halogens is 1. The van der Waals surface area contributed by atoms with E-state index in [1.807, 2.05) is 4.90 Å². The lowest BCUT2D eigenvalue weighted by molar-refractivity contribution is -0.134. The first-order valence-electron chi connectivity index (χ1n) is 5.20. The monoisotopic (exact) mass is 245 g/mol. The van der Waals surface area contributed by atoms with Crippen LogP contribution < -0.4 is 0 Å². The zero-order valence-corrected chi connectivity index (χ0v) is 9.42. The fraction of sp³-hybridized carbons (Fsp3) is 0.900. The lowest BCUT2D eigenvalue weighted by Gasteiger charge is -2.19. The van der Waals surface area contributed by atoms with Crippen LogP contribution in [-0.4, -0.2) is 28.7 Å². The van der Waals surface area contributed by atoms with Crippen LogP contribution in [0.3, 0.4) is 0 Å². The largest absolute Gasteiger partial charge is 0.341 e. The van der Waals surface area contributed by atoms with Gasteiger partial charge in [0.15, 0.2) is 0 Å². The van der Waals surface area contributed by atoms with Crippen LogP contribution in [0, 0.1) is 5.92 Å². The molecule has 2 nitrogen and oxygen atoms in total. The molecule has 0 aromatic heterocycles. The summed E-state index contributed by atoms with van der Waals surface area (Å²) in [5.41, 5.74) is 0. The lowest BCUT2D eigenvalue weighted by Crippen LogP contribution is -2.33. The molecule has 1 heterocycles. The molecule has 1 saturated heterocycles. The number of amides is 1. The topological polar surface area (TPSA) is 20.3 Å². The summed E-state index contributed by atoms with van der Waals surface area (Å²) in [7, 11) is 0. The van der Waals surface area contributed by atoms with Gasteiger partial charge in [0.05, 0.1) is 0 Å². The van der Waals surface area contributed by atoms with E-state index in [1.165, 1.54) is 12.8 Å². The van der Waals surface area contributed by atoms with E-state index in [4.69, 9.17) is 0 Å². The summed E-state index contributed by atoms with van der Waals surface area (Å²) in [6, 6.07) is 0. The third kappa shape index (κ3) is 2.06. The van der Waals surface area contributed by atoms with Crippen molar-refractivity contribution in [3.05, 3.63) is 0 Å². The summed E-state index contributed by atoms with van der Waals surface area (Å²) in [5, 5.41) is 0. The maximum atomic E-state index is 11.9. The number of alkyl halides is 1.